The lowest BCUT2D eigenvalue weighted by atomic mass is 9.83. The molecule has 2 atom stereocenters. The Balaban J connectivity index is 2.45. The van der Waals surface area contributed by atoms with Crippen LogP contribution >= 0.6 is 0 Å². The van der Waals surface area contributed by atoms with E-state index in [2.05, 4.69) is 18.7 Å². The topological polar surface area (TPSA) is 29.5 Å². The van der Waals surface area contributed by atoms with E-state index in [1.165, 1.54) is 32.1 Å². The summed E-state index contributed by atoms with van der Waals surface area (Å²) in [5.74, 6) is 0.776. The lowest BCUT2D eigenvalue weighted by Crippen LogP contribution is -2.42. The van der Waals surface area contributed by atoms with Crippen molar-refractivity contribution in [1.29, 1.82) is 0 Å². The van der Waals surface area contributed by atoms with Crippen LogP contribution in [0.4, 0.5) is 0 Å². The molecular formula is C14H27NO2. The second-order valence-corrected chi connectivity index (χ2v) is 4.96. The first-order valence-corrected chi connectivity index (χ1v) is 7.10. The highest BCUT2D eigenvalue weighted by molar-refractivity contribution is 5.71. The van der Waals surface area contributed by atoms with E-state index in [4.69, 9.17) is 4.74 Å². The van der Waals surface area contributed by atoms with Crippen molar-refractivity contribution in [3.8, 4) is 0 Å². The number of carbonyl (C=O) groups excluding carboxylic acids is 1. The monoisotopic (exact) mass is 241 g/mol. The first kappa shape index (κ1) is 14.5. The Morgan fingerprint density at radius 2 is 2.06 bits per heavy atom. The Kier molecular flexibility index (Phi) is 6.56. The van der Waals surface area contributed by atoms with Crippen LogP contribution in [0.5, 0.6) is 0 Å². The molecule has 0 saturated heterocycles. The molecule has 1 rings (SSSR count). The molecule has 3 nitrogen and oxygen atoms in total. The highest BCUT2D eigenvalue weighted by Gasteiger charge is 2.26. The highest BCUT2D eigenvalue weighted by atomic mass is 16.5. The summed E-state index contributed by atoms with van der Waals surface area (Å²) < 4.78 is 5.04. The molecule has 0 amide bonds. The average molecular weight is 241 g/mol. The van der Waals surface area contributed by atoms with E-state index in [1.54, 1.807) is 0 Å². The lowest BCUT2D eigenvalue weighted by Gasteiger charge is -2.36. The number of rotatable bonds is 6. The van der Waals surface area contributed by atoms with Crippen molar-refractivity contribution < 1.29 is 9.53 Å². The van der Waals surface area contributed by atoms with Crippen LogP contribution in [0, 0.1) is 5.92 Å². The molecule has 1 aliphatic rings. The van der Waals surface area contributed by atoms with Crippen molar-refractivity contribution >= 4 is 5.97 Å². The maximum absolute atomic E-state index is 11.5. The second-order valence-electron chi connectivity index (χ2n) is 4.96. The van der Waals surface area contributed by atoms with Gasteiger partial charge in [0.2, 0.25) is 0 Å². The van der Waals surface area contributed by atoms with Crippen LogP contribution in [0.25, 0.3) is 0 Å². The van der Waals surface area contributed by atoms with Crippen LogP contribution in [0.1, 0.15) is 52.9 Å². The molecule has 100 valence electrons. The maximum atomic E-state index is 11.5. The number of nitrogens with zero attached hydrogens (tertiary/aromatic N) is 1. The molecule has 1 saturated carbocycles. The van der Waals surface area contributed by atoms with E-state index in [-0.39, 0.29) is 5.97 Å². The fourth-order valence-corrected chi connectivity index (χ4v) is 2.84. The molecule has 0 radical (unpaired) electrons. The van der Waals surface area contributed by atoms with Gasteiger partial charge >= 0.3 is 5.97 Å². The quantitative estimate of drug-likeness (QED) is 0.670. The summed E-state index contributed by atoms with van der Waals surface area (Å²) in [6.45, 7) is 8.16. The van der Waals surface area contributed by atoms with E-state index in [9.17, 15) is 4.79 Å². The van der Waals surface area contributed by atoms with Gasteiger partial charge in [-0.1, -0.05) is 33.1 Å². The van der Waals surface area contributed by atoms with Gasteiger partial charge in [-0.25, -0.2) is 0 Å². The Morgan fingerprint density at radius 3 is 2.65 bits per heavy atom. The zero-order chi connectivity index (χ0) is 12.7. The van der Waals surface area contributed by atoms with E-state index in [0.717, 1.165) is 12.5 Å². The minimum Gasteiger partial charge on any atom is -0.465 e. The summed E-state index contributed by atoms with van der Waals surface area (Å²) in [7, 11) is 0. The van der Waals surface area contributed by atoms with Gasteiger partial charge in [0, 0.05) is 6.04 Å². The van der Waals surface area contributed by atoms with Crippen LogP contribution in [-0.2, 0) is 9.53 Å². The Hall–Kier alpha value is -0.570. The van der Waals surface area contributed by atoms with Gasteiger partial charge < -0.3 is 4.74 Å². The molecule has 0 N–H and O–H groups in total. The fourth-order valence-electron chi connectivity index (χ4n) is 2.84. The SMILES string of the molecule is CCOC(=O)CN(CC)C1CCCC(CC)C1. The molecule has 0 aromatic heterocycles. The summed E-state index contributed by atoms with van der Waals surface area (Å²) in [5.41, 5.74) is 0. The van der Waals surface area contributed by atoms with Gasteiger partial charge in [-0.05, 0) is 32.2 Å². The van der Waals surface area contributed by atoms with Gasteiger partial charge in [0.25, 0.3) is 0 Å². The molecule has 3 heteroatoms. The van der Waals surface area contributed by atoms with E-state index in [1.807, 2.05) is 6.92 Å². The van der Waals surface area contributed by atoms with Gasteiger partial charge in [-0.3, -0.25) is 9.69 Å². The molecule has 0 aromatic carbocycles. The number of likely N-dealkylation sites (N-methyl/N-ethyl adjacent to an activating group) is 1. The number of ether oxygens (including phenoxy) is 1. The average Bonchev–Trinajstić information content (AvgIpc) is 2.36. The molecule has 0 spiro atoms. The Morgan fingerprint density at radius 1 is 1.29 bits per heavy atom. The molecule has 2 unspecified atom stereocenters. The molecule has 1 aliphatic carbocycles. The second kappa shape index (κ2) is 7.70. The minimum atomic E-state index is -0.0760. The van der Waals surface area contributed by atoms with Gasteiger partial charge in [0.15, 0.2) is 0 Å². The third-order valence-corrected chi connectivity index (χ3v) is 3.89. The molecule has 0 aromatic rings. The molecule has 0 bridgehead atoms. The number of hydrogen-bond donors (Lipinski definition) is 0. The van der Waals surface area contributed by atoms with Gasteiger partial charge in [-0.15, -0.1) is 0 Å². The summed E-state index contributed by atoms with van der Waals surface area (Å²) in [5, 5.41) is 0. The highest BCUT2D eigenvalue weighted by Crippen LogP contribution is 2.29. The fraction of sp³-hybridized carbons (Fsp3) is 0.929. The molecule has 1 fully saturated rings. The zero-order valence-electron chi connectivity index (χ0n) is 11.6. The number of hydrogen-bond acceptors (Lipinski definition) is 3. The van der Waals surface area contributed by atoms with Crippen molar-refractivity contribution in [2.75, 3.05) is 19.7 Å². The molecular weight excluding hydrogens is 214 g/mol. The van der Waals surface area contributed by atoms with Crippen molar-refractivity contribution in [2.24, 2.45) is 5.92 Å². The van der Waals surface area contributed by atoms with Crippen molar-refractivity contribution in [2.45, 2.75) is 58.9 Å². The molecule has 0 heterocycles. The first-order chi connectivity index (χ1) is 8.21. The van der Waals surface area contributed by atoms with Gasteiger partial charge in [0.1, 0.15) is 0 Å². The van der Waals surface area contributed by atoms with E-state index in [0.29, 0.717) is 19.2 Å². The van der Waals surface area contributed by atoms with Gasteiger partial charge in [-0.2, -0.15) is 0 Å². The minimum absolute atomic E-state index is 0.0760. The Bertz CT molecular complexity index is 230. The number of esters is 1. The van der Waals surface area contributed by atoms with Crippen molar-refractivity contribution in [3.63, 3.8) is 0 Å². The van der Waals surface area contributed by atoms with E-state index < -0.39 is 0 Å². The normalized spacial score (nSPS) is 24.9. The van der Waals surface area contributed by atoms with Crippen molar-refractivity contribution in [3.05, 3.63) is 0 Å². The van der Waals surface area contributed by atoms with Crippen LogP contribution < -0.4 is 0 Å². The third kappa shape index (κ3) is 4.66. The predicted molar refractivity (Wildman–Crippen MR) is 69.9 cm³/mol. The predicted octanol–water partition coefficient (Wildman–Crippen LogP) is 2.84. The smallest absolute Gasteiger partial charge is 0.320 e. The lowest BCUT2D eigenvalue weighted by molar-refractivity contribution is -0.145. The maximum Gasteiger partial charge on any atom is 0.320 e. The summed E-state index contributed by atoms with van der Waals surface area (Å²) in [6, 6.07) is 0.586. The van der Waals surface area contributed by atoms with E-state index >= 15 is 0 Å². The van der Waals surface area contributed by atoms with Gasteiger partial charge in [0.05, 0.1) is 13.2 Å². The Labute approximate surface area is 106 Å². The van der Waals surface area contributed by atoms with Crippen LogP contribution in [0.2, 0.25) is 0 Å². The van der Waals surface area contributed by atoms with Crippen molar-refractivity contribution in [1.82, 2.24) is 4.90 Å². The van der Waals surface area contributed by atoms with Crippen LogP contribution in [-0.4, -0.2) is 36.6 Å². The van der Waals surface area contributed by atoms with Crippen LogP contribution in [0.15, 0.2) is 0 Å². The summed E-state index contributed by atoms with van der Waals surface area (Å²) in [4.78, 5) is 13.8. The van der Waals surface area contributed by atoms with Crippen LogP contribution in [0.3, 0.4) is 0 Å². The largest absolute Gasteiger partial charge is 0.465 e. The zero-order valence-corrected chi connectivity index (χ0v) is 11.6. The standard InChI is InChI=1S/C14H27NO2/c1-4-12-8-7-9-13(10-12)15(5-2)11-14(16)17-6-3/h12-13H,4-11H2,1-3H3. The number of carbonyl (C=O) groups is 1. The molecule has 0 aliphatic heterocycles. The summed E-state index contributed by atoms with van der Waals surface area (Å²) in [6.07, 6.45) is 6.44. The summed E-state index contributed by atoms with van der Waals surface area (Å²) >= 11 is 0. The third-order valence-electron chi connectivity index (χ3n) is 3.89. The molecule has 17 heavy (non-hydrogen) atoms. The first-order valence-electron chi connectivity index (χ1n) is 7.10.